The lowest BCUT2D eigenvalue weighted by Gasteiger charge is -2.17. The van der Waals surface area contributed by atoms with E-state index in [9.17, 15) is 9.59 Å². The smallest absolute Gasteiger partial charge is 0.222 e. The van der Waals surface area contributed by atoms with Gasteiger partial charge in [0.15, 0.2) is 0 Å². The maximum absolute atomic E-state index is 11.7. The fourth-order valence-electron chi connectivity index (χ4n) is 2.02. The molecule has 1 aliphatic rings. The molecular weight excluding hydrogens is 192 g/mol. The van der Waals surface area contributed by atoms with Gasteiger partial charge in [0, 0.05) is 19.5 Å². The predicted octanol–water partition coefficient (Wildman–Crippen LogP) is 0.612. The van der Waals surface area contributed by atoms with Crippen LogP contribution in [0.3, 0.4) is 0 Å². The van der Waals surface area contributed by atoms with Crippen LogP contribution >= 0.6 is 0 Å². The van der Waals surface area contributed by atoms with Gasteiger partial charge in [-0.2, -0.15) is 0 Å². The first kappa shape index (κ1) is 12.0. The summed E-state index contributed by atoms with van der Waals surface area (Å²) in [6.07, 6.45) is 0.554. The average molecular weight is 212 g/mol. The monoisotopic (exact) mass is 212 g/mol. The van der Waals surface area contributed by atoms with Crippen molar-refractivity contribution in [1.82, 2.24) is 4.90 Å². The van der Waals surface area contributed by atoms with E-state index in [4.69, 9.17) is 5.73 Å². The Kier molecular flexibility index (Phi) is 3.72. The van der Waals surface area contributed by atoms with Gasteiger partial charge in [0.1, 0.15) is 0 Å². The molecule has 0 unspecified atom stereocenters. The normalized spacial score (nSPS) is 26.0. The third kappa shape index (κ3) is 2.94. The largest absolute Gasteiger partial charge is 0.369 e. The number of primary amides is 1. The Morgan fingerprint density at radius 2 is 2.00 bits per heavy atom. The molecule has 2 amide bonds. The standard InChI is InChI=1S/C11H20N2O2/c1-7(2)4-10(14)13-5-8(3)9(6-13)11(12)15/h7-9H,4-6H2,1-3H3,(H2,12,15)/t8-,9-/m1/s1. The van der Waals surface area contributed by atoms with E-state index in [2.05, 4.69) is 0 Å². The molecule has 0 aromatic carbocycles. The molecule has 1 fully saturated rings. The van der Waals surface area contributed by atoms with Crippen LogP contribution in [-0.2, 0) is 9.59 Å². The molecule has 0 aromatic heterocycles. The Morgan fingerprint density at radius 1 is 1.40 bits per heavy atom. The second-order valence-electron chi connectivity index (χ2n) is 4.88. The van der Waals surface area contributed by atoms with E-state index >= 15 is 0 Å². The summed E-state index contributed by atoms with van der Waals surface area (Å²) in [6, 6.07) is 0. The molecule has 0 bridgehead atoms. The van der Waals surface area contributed by atoms with E-state index in [-0.39, 0.29) is 23.7 Å². The molecule has 2 atom stereocenters. The number of hydrogen-bond acceptors (Lipinski definition) is 2. The zero-order valence-electron chi connectivity index (χ0n) is 9.69. The van der Waals surface area contributed by atoms with E-state index < -0.39 is 0 Å². The van der Waals surface area contributed by atoms with Crippen molar-refractivity contribution in [3.63, 3.8) is 0 Å². The van der Waals surface area contributed by atoms with Gasteiger partial charge in [-0.05, 0) is 11.8 Å². The molecule has 1 rings (SSSR count). The number of amides is 2. The molecule has 86 valence electrons. The Hall–Kier alpha value is -1.06. The lowest BCUT2D eigenvalue weighted by atomic mass is 9.98. The highest BCUT2D eigenvalue weighted by Gasteiger charge is 2.35. The van der Waals surface area contributed by atoms with Crippen molar-refractivity contribution in [1.29, 1.82) is 0 Å². The SMILES string of the molecule is CC(C)CC(=O)N1C[C@@H](C)[C@H](C(N)=O)C1. The summed E-state index contributed by atoms with van der Waals surface area (Å²) in [5.41, 5.74) is 5.27. The maximum atomic E-state index is 11.7. The number of rotatable bonds is 3. The van der Waals surface area contributed by atoms with E-state index in [1.807, 2.05) is 20.8 Å². The second kappa shape index (κ2) is 4.64. The number of nitrogens with zero attached hydrogens (tertiary/aromatic N) is 1. The van der Waals surface area contributed by atoms with Gasteiger partial charge in [0.25, 0.3) is 0 Å². The topological polar surface area (TPSA) is 63.4 Å². The summed E-state index contributed by atoms with van der Waals surface area (Å²) in [7, 11) is 0. The molecule has 1 saturated heterocycles. The Labute approximate surface area is 90.8 Å². The third-order valence-corrected chi connectivity index (χ3v) is 2.91. The first-order valence-corrected chi connectivity index (χ1v) is 5.49. The average Bonchev–Trinajstić information content (AvgIpc) is 2.46. The molecule has 0 aromatic rings. The molecule has 15 heavy (non-hydrogen) atoms. The van der Waals surface area contributed by atoms with Crippen LogP contribution in [-0.4, -0.2) is 29.8 Å². The lowest BCUT2D eigenvalue weighted by Crippen LogP contribution is -2.32. The fourth-order valence-corrected chi connectivity index (χ4v) is 2.02. The van der Waals surface area contributed by atoms with E-state index in [1.165, 1.54) is 0 Å². The molecule has 0 aliphatic carbocycles. The first-order valence-electron chi connectivity index (χ1n) is 5.49. The molecule has 1 heterocycles. The molecular formula is C11H20N2O2. The number of nitrogens with two attached hydrogens (primary N) is 1. The molecule has 0 radical (unpaired) electrons. The fraction of sp³-hybridized carbons (Fsp3) is 0.818. The summed E-state index contributed by atoms with van der Waals surface area (Å²) in [5.74, 6) is 0.239. The van der Waals surface area contributed by atoms with Gasteiger partial charge in [0.2, 0.25) is 11.8 Å². The van der Waals surface area contributed by atoms with Crippen molar-refractivity contribution in [3.8, 4) is 0 Å². The van der Waals surface area contributed by atoms with Crippen molar-refractivity contribution >= 4 is 11.8 Å². The summed E-state index contributed by atoms with van der Waals surface area (Å²) >= 11 is 0. The van der Waals surface area contributed by atoms with Gasteiger partial charge < -0.3 is 10.6 Å². The molecule has 0 spiro atoms. The van der Waals surface area contributed by atoms with Gasteiger partial charge in [-0.25, -0.2) is 0 Å². The third-order valence-electron chi connectivity index (χ3n) is 2.91. The Morgan fingerprint density at radius 3 is 2.40 bits per heavy atom. The Balaban J connectivity index is 2.54. The lowest BCUT2D eigenvalue weighted by molar-refractivity contribution is -0.131. The van der Waals surface area contributed by atoms with Crippen LogP contribution in [0.2, 0.25) is 0 Å². The predicted molar refractivity (Wildman–Crippen MR) is 57.9 cm³/mol. The number of carbonyl (C=O) groups is 2. The highest BCUT2D eigenvalue weighted by Crippen LogP contribution is 2.23. The maximum Gasteiger partial charge on any atom is 0.222 e. The van der Waals surface area contributed by atoms with Crippen LogP contribution in [0.5, 0.6) is 0 Å². The minimum atomic E-state index is -0.289. The van der Waals surface area contributed by atoms with Gasteiger partial charge in [0.05, 0.1) is 5.92 Å². The van der Waals surface area contributed by atoms with Crippen LogP contribution in [0.25, 0.3) is 0 Å². The molecule has 1 aliphatic heterocycles. The molecule has 2 N–H and O–H groups in total. The number of likely N-dealkylation sites (tertiary alicyclic amines) is 1. The van der Waals surface area contributed by atoms with E-state index in [0.29, 0.717) is 25.4 Å². The van der Waals surface area contributed by atoms with E-state index in [1.54, 1.807) is 4.90 Å². The van der Waals surface area contributed by atoms with E-state index in [0.717, 1.165) is 0 Å². The Bertz CT molecular complexity index is 263. The molecule has 0 saturated carbocycles. The van der Waals surface area contributed by atoms with Gasteiger partial charge in [-0.1, -0.05) is 20.8 Å². The first-order chi connectivity index (χ1) is 6.91. The number of hydrogen-bond donors (Lipinski definition) is 1. The minimum absolute atomic E-state index is 0.139. The highest BCUT2D eigenvalue weighted by molar-refractivity contribution is 5.81. The van der Waals surface area contributed by atoms with Crippen LogP contribution in [0, 0.1) is 17.8 Å². The quantitative estimate of drug-likeness (QED) is 0.745. The van der Waals surface area contributed by atoms with Crippen LogP contribution in [0.1, 0.15) is 27.2 Å². The van der Waals surface area contributed by atoms with Crippen molar-refractivity contribution in [2.45, 2.75) is 27.2 Å². The zero-order chi connectivity index (χ0) is 11.6. The number of carbonyl (C=O) groups excluding carboxylic acids is 2. The second-order valence-corrected chi connectivity index (χ2v) is 4.88. The van der Waals surface area contributed by atoms with Crippen molar-refractivity contribution in [3.05, 3.63) is 0 Å². The van der Waals surface area contributed by atoms with Gasteiger partial charge in [-0.15, -0.1) is 0 Å². The van der Waals surface area contributed by atoms with Crippen LogP contribution in [0.15, 0.2) is 0 Å². The van der Waals surface area contributed by atoms with Crippen molar-refractivity contribution in [2.24, 2.45) is 23.5 Å². The summed E-state index contributed by atoms with van der Waals surface area (Å²) in [5, 5.41) is 0. The summed E-state index contributed by atoms with van der Waals surface area (Å²) in [6.45, 7) is 7.17. The zero-order valence-corrected chi connectivity index (χ0v) is 9.69. The summed E-state index contributed by atoms with van der Waals surface area (Å²) < 4.78 is 0. The molecule has 4 nitrogen and oxygen atoms in total. The van der Waals surface area contributed by atoms with Crippen molar-refractivity contribution in [2.75, 3.05) is 13.1 Å². The van der Waals surface area contributed by atoms with Crippen LogP contribution in [0.4, 0.5) is 0 Å². The van der Waals surface area contributed by atoms with Crippen LogP contribution < -0.4 is 5.73 Å². The molecule has 4 heteroatoms. The summed E-state index contributed by atoms with van der Waals surface area (Å²) in [4.78, 5) is 24.6. The van der Waals surface area contributed by atoms with Gasteiger partial charge >= 0.3 is 0 Å². The highest BCUT2D eigenvalue weighted by atomic mass is 16.2. The van der Waals surface area contributed by atoms with Crippen molar-refractivity contribution < 1.29 is 9.59 Å². The van der Waals surface area contributed by atoms with Gasteiger partial charge in [-0.3, -0.25) is 9.59 Å². The minimum Gasteiger partial charge on any atom is -0.369 e.